The van der Waals surface area contributed by atoms with Gasteiger partial charge in [0.05, 0.1) is 23.1 Å². The molecule has 180 valence electrons. The average Bonchev–Trinajstić information content (AvgIpc) is 3.46. The Hall–Kier alpha value is -3.01. The number of anilines is 1. The molecule has 7 nitrogen and oxygen atoms in total. The van der Waals surface area contributed by atoms with Crippen molar-refractivity contribution < 1.29 is 9.53 Å². The van der Waals surface area contributed by atoms with Crippen LogP contribution in [0.1, 0.15) is 29.5 Å². The number of nitrogens with one attached hydrogen (secondary N) is 1. The first kappa shape index (κ1) is 23.7. The number of benzene rings is 1. The number of carbonyl (C=O) groups excluding carboxylic acids is 1. The molecule has 2 saturated heterocycles. The van der Waals surface area contributed by atoms with Crippen molar-refractivity contribution >= 4 is 51.7 Å². The molecular weight excluding hydrogens is 480 g/mol. The van der Waals surface area contributed by atoms with Crippen LogP contribution in [-0.4, -0.2) is 50.3 Å². The van der Waals surface area contributed by atoms with Crippen LogP contribution in [0.3, 0.4) is 0 Å². The van der Waals surface area contributed by atoms with Gasteiger partial charge in [-0.25, -0.2) is 4.98 Å². The summed E-state index contributed by atoms with van der Waals surface area (Å²) < 4.78 is 7.70. The Morgan fingerprint density at radius 2 is 2.06 bits per heavy atom. The molecule has 0 unspecified atom stereocenters. The summed E-state index contributed by atoms with van der Waals surface area (Å²) in [5.41, 5.74) is 2.79. The van der Waals surface area contributed by atoms with Gasteiger partial charge in [0.25, 0.3) is 11.5 Å². The number of thiocarbonyl (C=S) groups is 1. The Balaban J connectivity index is 1.47. The monoisotopic (exact) mass is 506 g/mol. The summed E-state index contributed by atoms with van der Waals surface area (Å²) in [5, 5.41) is 3.32. The van der Waals surface area contributed by atoms with Crippen LogP contribution in [0.5, 0.6) is 0 Å². The smallest absolute Gasteiger partial charge is 0.267 e. The number of amides is 1. The molecule has 4 heterocycles. The van der Waals surface area contributed by atoms with E-state index in [1.165, 1.54) is 21.7 Å². The number of aromatic nitrogens is 2. The Morgan fingerprint density at radius 1 is 1.23 bits per heavy atom. The standard InChI is InChI=1S/C26H26N4O3S2/c1-17-9-10-22-28-23(27-12-11-18-6-3-2-4-7-18)20(24(31)29(22)15-17)14-21-25(32)30(26(34)35-21)16-19-8-5-13-33-19/h2-4,6-7,9-10,14-15,19,27H,5,8,11-13,16H2,1H3/b21-14-/t19-/m0/s1. The zero-order valence-corrected chi connectivity index (χ0v) is 21.0. The second kappa shape index (κ2) is 10.3. The van der Waals surface area contributed by atoms with Gasteiger partial charge in [-0.05, 0) is 49.5 Å². The normalized spacial score (nSPS) is 19.3. The van der Waals surface area contributed by atoms with E-state index in [2.05, 4.69) is 17.4 Å². The van der Waals surface area contributed by atoms with Gasteiger partial charge in [0.2, 0.25) is 0 Å². The van der Waals surface area contributed by atoms with E-state index in [1.807, 2.05) is 37.3 Å². The lowest BCUT2D eigenvalue weighted by Crippen LogP contribution is -2.35. The second-order valence-electron chi connectivity index (χ2n) is 8.70. The molecule has 1 N–H and O–H groups in total. The van der Waals surface area contributed by atoms with E-state index < -0.39 is 0 Å². The SMILES string of the molecule is Cc1ccc2nc(NCCc3ccccc3)c(/C=C3\SC(=S)N(C[C@@H]4CCCO4)C3=O)c(=O)n2c1. The maximum Gasteiger partial charge on any atom is 0.267 e. The Kier molecular flexibility index (Phi) is 6.99. The van der Waals surface area contributed by atoms with Crippen LogP contribution >= 0.6 is 24.0 Å². The Bertz CT molecular complexity index is 1360. The van der Waals surface area contributed by atoms with Crippen molar-refractivity contribution in [3.05, 3.63) is 80.6 Å². The van der Waals surface area contributed by atoms with Crippen LogP contribution in [0.2, 0.25) is 0 Å². The minimum atomic E-state index is -0.231. The molecule has 0 saturated carbocycles. The average molecular weight is 507 g/mol. The number of rotatable bonds is 7. The predicted octanol–water partition coefficient (Wildman–Crippen LogP) is 4.04. The van der Waals surface area contributed by atoms with Crippen LogP contribution in [0.25, 0.3) is 11.7 Å². The highest BCUT2D eigenvalue weighted by molar-refractivity contribution is 8.26. The molecule has 2 aliphatic rings. The fraction of sp³-hybridized carbons (Fsp3) is 0.308. The van der Waals surface area contributed by atoms with Gasteiger partial charge in [0, 0.05) is 19.3 Å². The first-order valence-electron chi connectivity index (χ1n) is 11.7. The van der Waals surface area contributed by atoms with E-state index >= 15 is 0 Å². The number of ether oxygens (including phenoxy) is 1. The third-order valence-corrected chi connectivity index (χ3v) is 7.49. The van der Waals surface area contributed by atoms with E-state index in [0.717, 1.165) is 24.8 Å². The maximum atomic E-state index is 13.5. The number of fused-ring (bicyclic) bond motifs is 1. The van der Waals surface area contributed by atoms with E-state index in [-0.39, 0.29) is 17.6 Å². The highest BCUT2D eigenvalue weighted by Crippen LogP contribution is 2.34. The molecule has 35 heavy (non-hydrogen) atoms. The number of hydrogen-bond acceptors (Lipinski definition) is 7. The molecule has 5 rings (SSSR count). The lowest BCUT2D eigenvalue weighted by atomic mass is 10.1. The number of nitrogens with zero attached hydrogens (tertiary/aromatic N) is 3. The van der Waals surface area contributed by atoms with Crippen molar-refractivity contribution in [2.75, 3.05) is 25.0 Å². The van der Waals surface area contributed by atoms with E-state index in [9.17, 15) is 9.59 Å². The Morgan fingerprint density at radius 3 is 2.83 bits per heavy atom. The molecule has 2 aromatic heterocycles. The van der Waals surface area contributed by atoms with E-state index in [0.29, 0.717) is 46.0 Å². The molecule has 3 aromatic rings. The van der Waals surface area contributed by atoms with E-state index in [4.69, 9.17) is 21.9 Å². The minimum Gasteiger partial charge on any atom is -0.376 e. The van der Waals surface area contributed by atoms with Gasteiger partial charge in [-0.3, -0.25) is 18.9 Å². The molecule has 0 bridgehead atoms. The number of carbonyl (C=O) groups is 1. The third kappa shape index (κ3) is 5.17. The summed E-state index contributed by atoms with van der Waals surface area (Å²) in [6, 6.07) is 13.9. The lowest BCUT2D eigenvalue weighted by Gasteiger charge is -2.18. The van der Waals surface area contributed by atoms with Crippen molar-refractivity contribution in [3.8, 4) is 0 Å². The second-order valence-corrected chi connectivity index (χ2v) is 10.4. The van der Waals surface area contributed by atoms with Crippen LogP contribution in [0, 0.1) is 6.92 Å². The van der Waals surface area contributed by atoms with Crippen molar-refractivity contribution in [2.24, 2.45) is 0 Å². The molecule has 0 aliphatic carbocycles. The summed E-state index contributed by atoms with van der Waals surface area (Å²) >= 11 is 6.70. The number of hydrogen-bond donors (Lipinski definition) is 1. The number of pyridine rings is 1. The molecule has 9 heteroatoms. The number of aryl methyl sites for hydroxylation is 1. The highest BCUT2D eigenvalue weighted by atomic mass is 32.2. The van der Waals surface area contributed by atoms with Crippen LogP contribution in [0.4, 0.5) is 5.82 Å². The van der Waals surface area contributed by atoms with Crippen LogP contribution < -0.4 is 10.9 Å². The summed E-state index contributed by atoms with van der Waals surface area (Å²) in [4.78, 5) is 33.4. The van der Waals surface area contributed by atoms with Crippen LogP contribution in [0.15, 0.2) is 58.4 Å². The van der Waals surface area contributed by atoms with Crippen molar-refractivity contribution in [2.45, 2.75) is 32.3 Å². The molecule has 1 amide bonds. The first-order valence-corrected chi connectivity index (χ1v) is 12.9. The van der Waals surface area contributed by atoms with Crippen LogP contribution in [-0.2, 0) is 16.0 Å². The highest BCUT2D eigenvalue weighted by Gasteiger charge is 2.35. The zero-order valence-electron chi connectivity index (χ0n) is 19.4. The fourth-order valence-electron chi connectivity index (χ4n) is 4.27. The fourth-order valence-corrected chi connectivity index (χ4v) is 5.53. The molecular formula is C26H26N4O3S2. The molecule has 1 atom stereocenters. The Labute approximate surface area is 213 Å². The molecule has 2 aliphatic heterocycles. The summed E-state index contributed by atoms with van der Waals surface area (Å²) in [6.07, 6.45) is 6.08. The molecule has 1 aromatic carbocycles. The summed E-state index contributed by atoms with van der Waals surface area (Å²) in [6.45, 7) is 3.68. The van der Waals surface area contributed by atoms with Gasteiger partial charge in [-0.2, -0.15) is 0 Å². The van der Waals surface area contributed by atoms with Gasteiger partial charge in [-0.15, -0.1) is 0 Å². The number of thioether (sulfide) groups is 1. The van der Waals surface area contributed by atoms with E-state index in [1.54, 1.807) is 17.2 Å². The molecule has 0 radical (unpaired) electrons. The third-order valence-electron chi connectivity index (χ3n) is 6.11. The van der Waals surface area contributed by atoms with Gasteiger partial charge >= 0.3 is 0 Å². The van der Waals surface area contributed by atoms with Gasteiger partial charge in [0.1, 0.15) is 15.8 Å². The predicted molar refractivity (Wildman–Crippen MR) is 144 cm³/mol. The van der Waals surface area contributed by atoms with Gasteiger partial charge in [-0.1, -0.05) is 60.4 Å². The van der Waals surface area contributed by atoms with Crippen molar-refractivity contribution in [3.63, 3.8) is 0 Å². The van der Waals surface area contributed by atoms with Crippen molar-refractivity contribution in [1.29, 1.82) is 0 Å². The minimum absolute atomic E-state index is 0.00278. The molecule has 2 fully saturated rings. The zero-order chi connectivity index (χ0) is 24.4. The quantitative estimate of drug-likeness (QED) is 0.383. The summed E-state index contributed by atoms with van der Waals surface area (Å²) in [7, 11) is 0. The lowest BCUT2D eigenvalue weighted by molar-refractivity contribution is -0.123. The largest absolute Gasteiger partial charge is 0.376 e. The van der Waals surface area contributed by atoms with Gasteiger partial charge in [0.15, 0.2) is 0 Å². The molecule has 0 spiro atoms. The summed E-state index contributed by atoms with van der Waals surface area (Å²) in [5.74, 6) is 0.263. The first-order chi connectivity index (χ1) is 17.0. The van der Waals surface area contributed by atoms with Gasteiger partial charge < -0.3 is 10.1 Å². The maximum absolute atomic E-state index is 13.5. The topological polar surface area (TPSA) is 75.9 Å². The van der Waals surface area contributed by atoms with Crippen molar-refractivity contribution in [1.82, 2.24) is 14.3 Å².